The highest BCUT2D eigenvalue weighted by molar-refractivity contribution is 5.73. The SMILES string of the molecule is CC1(C)/C=C\C(C)(C)/C=N\N=C/1. The molecular formula is C10H16N2. The third-order valence-corrected chi connectivity index (χ3v) is 1.79. The Hall–Kier alpha value is -0.920. The second-order valence-electron chi connectivity index (χ2n) is 4.47. The first-order valence-corrected chi connectivity index (χ1v) is 4.20. The van der Waals surface area contributed by atoms with Crippen LogP contribution in [0.3, 0.4) is 0 Å². The summed E-state index contributed by atoms with van der Waals surface area (Å²) in [5.41, 5.74) is 0.0457. The average Bonchev–Trinajstić information content (AvgIpc) is 1.94. The molecule has 0 aromatic carbocycles. The summed E-state index contributed by atoms with van der Waals surface area (Å²) in [6.07, 6.45) is 8.05. The average molecular weight is 164 g/mol. The fourth-order valence-corrected chi connectivity index (χ4v) is 0.880. The molecule has 0 fully saturated rings. The summed E-state index contributed by atoms with van der Waals surface area (Å²) in [5.74, 6) is 0. The second kappa shape index (κ2) is 2.85. The van der Waals surface area contributed by atoms with Crippen molar-refractivity contribution in [3.05, 3.63) is 12.2 Å². The van der Waals surface area contributed by atoms with Gasteiger partial charge in [0.1, 0.15) is 0 Å². The van der Waals surface area contributed by atoms with Crippen molar-refractivity contribution in [2.45, 2.75) is 27.7 Å². The third-order valence-electron chi connectivity index (χ3n) is 1.79. The molecule has 0 N–H and O–H groups in total. The van der Waals surface area contributed by atoms with E-state index in [1.807, 2.05) is 12.4 Å². The first-order valence-electron chi connectivity index (χ1n) is 4.20. The highest BCUT2D eigenvalue weighted by Gasteiger charge is 2.16. The van der Waals surface area contributed by atoms with Crippen molar-refractivity contribution >= 4 is 12.4 Å². The minimum Gasteiger partial charge on any atom is -0.163 e. The molecule has 0 aliphatic carbocycles. The molecule has 1 heterocycles. The summed E-state index contributed by atoms with van der Waals surface area (Å²) in [6, 6.07) is 0. The van der Waals surface area contributed by atoms with Crippen LogP contribution in [0.15, 0.2) is 22.4 Å². The largest absolute Gasteiger partial charge is 0.163 e. The molecule has 2 nitrogen and oxygen atoms in total. The van der Waals surface area contributed by atoms with E-state index in [9.17, 15) is 0 Å². The second-order valence-corrected chi connectivity index (χ2v) is 4.47. The van der Waals surface area contributed by atoms with E-state index >= 15 is 0 Å². The molecule has 2 heteroatoms. The van der Waals surface area contributed by atoms with Gasteiger partial charge >= 0.3 is 0 Å². The molecule has 0 aromatic heterocycles. The molecule has 0 atom stereocenters. The molecule has 0 aromatic rings. The molecular weight excluding hydrogens is 148 g/mol. The van der Waals surface area contributed by atoms with Crippen molar-refractivity contribution in [2.75, 3.05) is 0 Å². The van der Waals surface area contributed by atoms with Gasteiger partial charge in [-0.2, -0.15) is 10.2 Å². The van der Waals surface area contributed by atoms with Crippen molar-refractivity contribution in [1.29, 1.82) is 0 Å². The quantitative estimate of drug-likeness (QED) is 0.492. The first kappa shape index (κ1) is 9.17. The zero-order valence-electron chi connectivity index (χ0n) is 8.20. The van der Waals surface area contributed by atoms with Crippen molar-refractivity contribution in [3.8, 4) is 0 Å². The van der Waals surface area contributed by atoms with Crippen molar-refractivity contribution < 1.29 is 0 Å². The lowest BCUT2D eigenvalue weighted by atomic mass is 9.87. The maximum absolute atomic E-state index is 3.97. The Balaban J connectivity index is 2.97. The molecule has 1 rings (SSSR count). The Morgan fingerprint density at radius 1 is 0.750 bits per heavy atom. The Morgan fingerprint density at radius 2 is 1.08 bits per heavy atom. The van der Waals surface area contributed by atoms with Crippen molar-refractivity contribution in [1.82, 2.24) is 0 Å². The van der Waals surface area contributed by atoms with Gasteiger partial charge in [-0.3, -0.25) is 0 Å². The molecule has 0 saturated heterocycles. The molecule has 1 aliphatic rings. The zero-order valence-corrected chi connectivity index (χ0v) is 8.20. The van der Waals surface area contributed by atoms with Crippen LogP contribution in [-0.2, 0) is 0 Å². The summed E-state index contributed by atoms with van der Waals surface area (Å²) in [5, 5.41) is 7.94. The fraction of sp³-hybridized carbons (Fsp3) is 0.600. The van der Waals surface area contributed by atoms with Crippen LogP contribution < -0.4 is 0 Å². The highest BCUT2D eigenvalue weighted by Crippen LogP contribution is 2.22. The van der Waals surface area contributed by atoms with E-state index in [1.165, 1.54) is 0 Å². The van der Waals surface area contributed by atoms with Gasteiger partial charge in [-0.1, -0.05) is 39.8 Å². The van der Waals surface area contributed by atoms with Gasteiger partial charge in [0, 0.05) is 23.3 Å². The molecule has 0 saturated carbocycles. The first-order chi connectivity index (χ1) is 5.41. The Kier molecular flexibility index (Phi) is 2.18. The van der Waals surface area contributed by atoms with Gasteiger partial charge in [0.05, 0.1) is 0 Å². The minimum atomic E-state index is 0.0228. The van der Waals surface area contributed by atoms with E-state index in [0.717, 1.165) is 0 Å². The maximum Gasteiger partial charge on any atom is 0.0364 e. The van der Waals surface area contributed by atoms with E-state index in [0.29, 0.717) is 0 Å². The summed E-state index contributed by atoms with van der Waals surface area (Å²) in [6.45, 7) is 8.46. The van der Waals surface area contributed by atoms with Crippen LogP contribution in [0.25, 0.3) is 0 Å². The van der Waals surface area contributed by atoms with Crippen LogP contribution in [0.1, 0.15) is 27.7 Å². The number of allylic oxidation sites excluding steroid dienone is 2. The lowest BCUT2D eigenvalue weighted by molar-refractivity contribution is 0.636. The highest BCUT2D eigenvalue weighted by atomic mass is 15.2. The third kappa shape index (κ3) is 2.61. The van der Waals surface area contributed by atoms with Crippen LogP contribution in [-0.4, -0.2) is 12.4 Å². The number of hydrogen-bond donors (Lipinski definition) is 0. The Labute approximate surface area is 74.1 Å². The molecule has 12 heavy (non-hydrogen) atoms. The lowest BCUT2D eigenvalue weighted by Crippen LogP contribution is -2.16. The zero-order chi connectivity index (χ0) is 9.24. The molecule has 0 spiro atoms. The van der Waals surface area contributed by atoms with Crippen LogP contribution in [0.5, 0.6) is 0 Å². The molecule has 1 aliphatic heterocycles. The summed E-state index contributed by atoms with van der Waals surface area (Å²) in [4.78, 5) is 0. The predicted octanol–water partition coefficient (Wildman–Crippen LogP) is 2.67. The smallest absolute Gasteiger partial charge is 0.0364 e. The number of rotatable bonds is 0. The van der Waals surface area contributed by atoms with Crippen LogP contribution in [0.2, 0.25) is 0 Å². The lowest BCUT2D eigenvalue weighted by Gasteiger charge is -2.19. The Morgan fingerprint density at radius 3 is 1.42 bits per heavy atom. The fourth-order valence-electron chi connectivity index (χ4n) is 0.880. The molecule has 0 unspecified atom stereocenters. The minimum absolute atomic E-state index is 0.0228. The van der Waals surface area contributed by atoms with Gasteiger partial charge in [0.2, 0.25) is 0 Å². The van der Waals surface area contributed by atoms with E-state index in [1.54, 1.807) is 0 Å². The van der Waals surface area contributed by atoms with Crippen LogP contribution in [0.4, 0.5) is 0 Å². The summed E-state index contributed by atoms with van der Waals surface area (Å²) in [7, 11) is 0. The van der Waals surface area contributed by atoms with Crippen LogP contribution >= 0.6 is 0 Å². The molecule has 0 amide bonds. The maximum atomic E-state index is 3.97. The van der Waals surface area contributed by atoms with E-state index in [4.69, 9.17) is 0 Å². The van der Waals surface area contributed by atoms with Gasteiger partial charge in [0.15, 0.2) is 0 Å². The topological polar surface area (TPSA) is 24.7 Å². The van der Waals surface area contributed by atoms with Gasteiger partial charge in [-0.25, -0.2) is 0 Å². The number of nitrogens with zero attached hydrogens (tertiary/aromatic N) is 2. The normalized spacial score (nSPS) is 33.0. The molecule has 0 bridgehead atoms. The van der Waals surface area contributed by atoms with Crippen LogP contribution in [0, 0.1) is 10.8 Å². The summed E-state index contributed by atoms with van der Waals surface area (Å²) >= 11 is 0. The van der Waals surface area contributed by atoms with E-state index in [2.05, 4.69) is 50.0 Å². The van der Waals surface area contributed by atoms with E-state index < -0.39 is 0 Å². The molecule has 66 valence electrons. The van der Waals surface area contributed by atoms with E-state index in [-0.39, 0.29) is 10.8 Å². The van der Waals surface area contributed by atoms with Gasteiger partial charge < -0.3 is 0 Å². The van der Waals surface area contributed by atoms with Gasteiger partial charge in [0.25, 0.3) is 0 Å². The predicted molar refractivity (Wildman–Crippen MR) is 53.7 cm³/mol. The summed E-state index contributed by atoms with van der Waals surface area (Å²) < 4.78 is 0. The monoisotopic (exact) mass is 164 g/mol. The van der Waals surface area contributed by atoms with Crippen molar-refractivity contribution in [3.63, 3.8) is 0 Å². The van der Waals surface area contributed by atoms with Gasteiger partial charge in [-0.05, 0) is 0 Å². The number of hydrogen-bond acceptors (Lipinski definition) is 2. The molecule has 0 radical (unpaired) electrons. The van der Waals surface area contributed by atoms with Gasteiger partial charge in [-0.15, -0.1) is 0 Å². The standard InChI is InChI=1S/C10H16N2/c1-9(2)5-6-10(3,4)8-12-11-7-9/h5-8H,1-4H3/b6-5-,11-7-,12-8-. The van der Waals surface area contributed by atoms with Crippen molar-refractivity contribution in [2.24, 2.45) is 21.0 Å². The Bertz CT molecular complexity index is 219.